The fraction of sp³-hybridized carbons (Fsp3) is 0.750. The molecule has 1 radical (unpaired) electrons. The average molecular weight is 394 g/mol. The van der Waals surface area contributed by atoms with E-state index >= 15 is 0 Å². The molecular weight excluding hydrogens is 352 g/mol. The van der Waals surface area contributed by atoms with E-state index in [1.807, 2.05) is 0 Å². The topological polar surface area (TPSA) is 0 Å². The summed E-state index contributed by atoms with van der Waals surface area (Å²) in [5, 5.41) is 0.693. The summed E-state index contributed by atoms with van der Waals surface area (Å²) in [5.41, 5.74) is 1.44. The first-order valence-corrected chi connectivity index (χ1v) is 12.7. The predicted molar refractivity (Wildman–Crippen MR) is 125 cm³/mol. The van der Waals surface area contributed by atoms with Crippen molar-refractivity contribution < 1.29 is 0 Å². The lowest BCUT2D eigenvalue weighted by atomic mass is 9.95. The molecule has 0 saturated heterocycles. The van der Waals surface area contributed by atoms with E-state index in [2.05, 4.69) is 55.9 Å². The Kier molecular flexibility index (Phi) is 15.7. The Morgan fingerprint density at radius 3 is 1.88 bits per heavy atom. The molecule has 0 heterocycles. The first kappa shape index (κ1) is 24.0. The zero-order valence-corrected chi connectivity index (χ0v) is 18.9. The Morgan fingerprint density at radius 2 is 1.35 bits per heavy atom. The van der Waals surface area contributed by atoms with Crippen LogP contribution in [-0.2, 0) is 0 Å². The molecule has 0 spiro atoms. The van der Waals surface area contributed by atoms with Gasteiger partial charge in [0.05, 0.1) is 0 Å². The Labute approximate surface area is 173 Å². The van der Waals surface area contributed by atoms with Crippen LogP contribution in [0.1, 0.15) is 102 Å². The number of unbranched alkanes of at least 4 members (excludes halogenated alkanes) is 9. The van der Waals surface area contributed by atoms with Crippen LogP contribution in [0.5, 0.6) is 0 Å². The molecule has 0 amide bonds. The first-order valence-electron chi connectivity index (χ1n) is 11.1. The third-order valence-electron chi connectivity index (χ3n) is 5.26. The second-order valence-corrected chi connectivity index (χ2v) is 9.24. The van der Waals surface area contributed by atoms with Gasteiger partial charge in [0.1, 0.15) is 0 Å². The Hall–Kier alpha value is -0.0800. The van der Waals surface area contributed by atoms with Crippen molar-refractivity contribution in [2.75, 3.05) is 11.5 Å². The predicted octanol–water partition coefficient (Wildman–Crippen LogP) is 8.79. The summed E-state index contributed by atoms with van der Waals surface area (Å²) in [6.07, 6.45) is 16.8. The fourth-order valence-corrected chi connectivity index (χ4v) is 5.74. The van der Waals surface area contributed by atoms with Gasteiger partial charge in [-0.1, -0.05) is 121 Å². The number of thioether (sulfide) groups is 1. The lowest BCUT2D eigenvalue weighted by molar-refractivity contribution is 0.562. The third-order valence-corrected chi connectivity index (χ3v) is 7.13. The monoisotopic (exact) mass is 393 g/mol. The molecule has 26 heavy (non-hydrogen) atoms. The van der Waals surface area contributed by atoms with Crippen LogP contribution in [0.3, 0.4) is 0 Å². The minimum absolute atomic E-state index is 0.541. The molecule has 0 aromatic heterocycles. The summed E-state index contributed by atoms with van der Waals surface area (Å²) in [5.74, 6) is 2.69. The summed E-state index contributed by atoms with van der Waals surface area (Å²) in [4.78, 5) is 0. The summed E-state index contributed by atoms with van der Waals surface area (Å²) < 4.78 is 0. The Morgan fingerprint density at radius 1 is 0.769 bits per heavy atom. The molecule has 0 bridgehead atoms. The van der Waals surface area contributed by atoms with E-state index in [0.717, 1.165) is 5.75 Å². The number of benzene rings is 1. The van der Waals surface area contributed by atoms with Crippen LogP contribution >= 0.6 is 24.4 Å². The Balaban J connectivity index is 2.17. The molecule has 0 aliphatic heterocycles. The van der Waals surface area contributed by atoms with Gasteiger partial charge in [-0.2, -0.15) is 11.8 Å². The van der Waals surface area contributed by atoms with Crippen molar-refractivity contribution in [2.24, 2.45) is 0 Å². The van der Waals surface area contributed by atoms with Crippen molar-refractivity contribution >= 4 is 24.4 Å². The summed E-state index contributed by atoms with van der Waals surface area (Å²) in [6, 6.07) is 10.9. The standard InChI is InChI=1S/C24H41S2/c1-3-5-6-7-8-9-10-11-12-16-20-26-24(17-4-2)23(21-25)22-18-14-13-15-19-22/h13-15,18-19,23-24H,3-12,16-17,20-21H2,1-2H3. The third kappa shape index (κ3) is 10.9. The molecule has 0 aliphatic carbocycles. The van der Waals surface area contributed by atoms with Crippen molar-refractivity contribution in [1.29, 1.82) is 0 Å². The van der Waals surface area contributed by atoms with Gasteiger partial charge in [-0.25, -0.2) is 0 Å². The fourth-order valence-electron chi connectivity index (χ4n) is 3.63. The van der Waals surface area contributed by atoms with Gasteiger partial charge in [0.15, 0.2) is 0 Å². The molecule has 2 atom stereocenters. The molecule has 1 rings (SSSR count). The smallest absolute Gasteiger partial charge is 0.0124 e. The molecular formula is C24H41S2. The second-order valence-electron chi connectivity index (χ2n) is 7.56. The van der Waals surface area contributed by atoms with Crippen molar-refractivity contribution in [1.82, 2.24) is 0 Å². The van der Waals surface area contributed by atoms with Gasteiger partial charge >= 0.3 is 0 Å². The van der Waals surface area contributed by atoms with Gasteiger partial charge in [-0.05, 0) is 24.2 Å². The highest BCUT2D eigenvalue weighted by molar-refractivity contribution is 7.99. The van der Waals surface area contributed by atoms with Crippen molar-refractivity contribution in [2.45, 2.75) is 102 Å². The summed E-state index contributed by atoms with van der Waals surface area (Å²) >= 11 is 7.70. The van der Waals surface area contributed by atoms with Gasteiger partial charge in [0.25, 0.3) is 0 Å². The van der Waals surface area contributed by atoms with E-state index in [4.69, 9.17) is 12.6 Å². The molecule has 1 aromatic carbocycles. The van der Waals surface area contributed by atoms with E-state index < -0.39 is 0 Å². The Bertz CT molecular complexity index is 404. The van der Waals surface area contributed by atoms with Crippen LogP contribution in [0.4, 0.5) is 0 Å². The van der Waals surface area contributed by atoms with E-state index in [9.17, 15) is 0 Å². The highest BCUT2D eigenvalue weighted by Gasteiger charge is 2.21. The molecule has 0 saturated carbocycles. The lowest BCUT2D eigenvalue weighted by Crippen LogP contribution is -2.18. The largest absolute Gasteiger partial charge is 0.158 e. The quantitative estimate of drug-likeness (QED) is 0.238. The maximum Gasteiger partial charge on any atom is 0.0124 e. The first-order chi connectivity index (χ1) is 12.8. The van der Waals surface area contributed by atoms with Gasteiger partial charge in [0, 0.05) is 16.9 Å². The molecule has 0 nitrogen and oxygen atoms in total. The zero-order valence-electron chi connectivity index (χ0n) is 17.3. The second kappa shape index (κ2) is 17.0. The van der Waals surface area contributed by atoms with Crippen molar-refractivity contribution in [3.63, 3.8) is 0 Å². The molecule has 0 N–H and O–H groups in total. The van der Waals surface area contributed by atoms with Gasteiger partial charge in [-0.15, -0.1) is 0 Å². The summed E-state index contributed by atoms with van der Waals surface area (Å²) in [7, 11) is 0. The van der Waals surface area contributed by atoms with Crippen LogP contribution < -0.4 is 0 Å². The molecule has 1 aromatic rings. The van der Waals surface area contributed by atoms with Gasteiger partial charge in [0.2, 0.25) is 0 Å². The van der Waals surface area contributed by atoms with E-state index in [0.29, 0.717) is 11.2 Å². The van der Waals surface area contributed by atoms with Crippen LogP contribution in [-0.4, -0.2) is 16.8 Å². The van der Waals surface area contributed by atoms with E-state index in [1.165, 1.54) is 88.4 Å². The van der Waals surface area contributed by atoms with E-state index in [1.54, 1.807) is 0 Å². The normalized spacial score (nSPS) is 13.7. The molecule has 2 unspecified atom stereocenters. The SMILES string of the molecule is CCCCCCCCCCCCSC(CCC)C(C[S])c1ccccc1. The number of hydrogen-bond donors (Lipinski definition) is 0. The highest BCUT2D eigenvalue weighted by atomic mass is 32.2. The van der Waals surface area contributed by atoms with Crippen molar-refractivity contribution in [3.8, 4) is 0 Å². The number of rotatable bonds is 17. The average Bonchev–Trinajstić information content (AvgIpc) is 2.67. The lowest BCUT2D eigenvalue weighted by Gasteiger charge is -2.25. The number of hydrogen-bond acceptors (Lipinski definition) is 1. The molecule has 149 valence electrons. The van der Waals surface area contributed by atoms with Crippen LogP contribution in [0, 0.1) is 0 Å². The maximum absolute atomic E-state index is 5.52. The minimum atomic E-state index is 0.541. The van der Waals surface area contributed by atoms with Gasteiger partial charge < -0.3 is 0 Å². The van der Waals surface area contributed by atoms with Gasteiger partial charge in [-0.3, -0.25) is 0 Å². The van der Waals surface area contributed by atoms with Crippen LogP contribution in [0.25, 0.3) is 0 Å². The molecule has 2 heteroatoms. The maximum atomic E-state index is 5.52. The highest BCUT2D eigenvalue weighted by Crippen LogP contribution is 2.33. The molecule has 0 fully saturated rings. The molecule has 0 aliphatic rings. The summed E-state index contributed by atoms with van der Waals surface area (Å²) in [6.45, 7) is 4.60. The van der Waals surface area contributed by atoms with Crippen molar-refractivity contribution in [3.05, 3.63) is 35.9 Å². The van der Waals surface area contributed by atoms with Crippen LogP contribution in [0.15, 0.2) is 30.3 Å². The minimum Gasteiger partial charge on any atom is -0.158 e. The zero-order chi connectivity index (χ0) is 18.9. The van der Waals surface area contributed by atoms with Crippen LogP contribution in [0.2, 0.25) is 0 Å². The van der Waals surface area contributed by atoms with E-state index in [-0.39, 0.29) is 0 Å².